The molecule has 8 heteroatoms. The SMILES string of the molecule is CCCCCCCCCCC/C=C\C/C=C\CCCCCCCCC(O)C(=O)NC(CS(=O)(=O)O)C(O)/C=C/CC/C=C/CCCCCCCCCCCCCCCC. The van der Waals surface area contributed by atoms with E-state index in [9.17, 15) is 28.0 Å². The van der Waals surface area contributed by atoms with E-state index in [4.69, 9.17) is 0 Å². The highest BCUT2D eigenvalue weighted by atomic mass is 32.2. The number of nitrogens with one attached hydrogen (secondary N) is 1. The number of rotatable bonds is 45. The molecule has 0 bridgehead atoms. The van der Waals surface area contributed by atoms with E-state index in [1.807, 2.05) is 0 Å². The second-order valence-electron chi connectivity index (χ2n) is 17.2. The fraction of sp³-hybridized carbons (Fsp3) is 0.824. The van der Waals surface area contributed by atoms with Crippen LogP contribution in [-0.4, -0.2) is 53.1 Å². The first kappa shape index (κ1) is 57.3. The first-order valence-corrected chi connectivity index (χ1v) is 26.6. The molecule has 346 valence electrons. The van der Waals surface area contributed by atoms with Crippen molar-refractivity contribution in [1.82, 2.24) is 5.32 Å². The first-order valence-electron chi connectivity index (χ1n) is 24.9. The molecule has 0 spiro atoms. The minimum Gasteiger partial charge on any atom is -0.387 e. The average molecular weight is 850 g/mol. The Bertz CT molecular complexity index is 1130. The van der Waals surface area contributed by atoms with E-state index in [0.29, 0.717) is 12.8 Å². The second-order valence-corrected chi connectivity index (χ2v) is 18.7. The van der Waals surface area contributed by atoms with Crippen molar-refractivity contribution >= 4 is 16.0 Å². The van der Waals surface area contributed by atoms with Gasteiger partial charge in [0.1, 0.15) is 6.10 Å². The van der Waals surface area contributed by atoms with Gasteiger partial charge in [-0.2, -0.15) is 8.42 Å². The van der Waals surface area contributed by atoms with Crippen LogP contribution >= 0.6 is 0 Å². The van der Waals surface area contributed by atoms with E-state index >= 15 is 0 Å². The summed E-state index contributed by atoms with van der Waals surface area (Å²) in [5.74, 6) is -1.57. The van der Waals surface area contributed by atoms with E-state index in [0.717, 1.165) is 57.8 Å². The van der Waals surface area contributed by atoms with Crippen molar-refractivity contribution in [2.45, 2.75) is 263 Å². The Morgan fingerprint density at radius 2 is 0.814 bits per heavy atom. The van der Waals surface area contributed by atoms with Gasteiger partial charge in [0.25, 0.3) is 10.1 Å². The highest BCUT2D eigenvalue weighted by Gasteiger charge is 2.27. The number of aliphatic hydroxyl groups is 2. The van der Waals surface area contributed by atoms with Crippen LogP contribution in [-0.2, 0) is 14.9 Å². The molecule has 0 rings (SSSR count). The van der Waals surface area contributed by atoms with Crippen molar-refractivity contribution in [2.75, 3.05) is 5.75 Å². The lowest BCUT2D eigenvalue weighted by molar-refractivity contribution is -0.130. The Kier molecular flexibility index (Phi) is 43.0. The normalized spacial score (nSPS) is 14.1. The molecule has 0 aromatic rings. The summed E-state index contributed by atoms with van der Waals surface area (Å²) in [6, 6.07) is -1.26. The number of allylic oxidation sites excluding steroid dienone is 7. The lowest BCUT2D eigenvalue weighted by Gasteiger charge is -2.22. The molecule has 1 amide bonds. The van der Waals surface area contributed by atoms with Crippen LogP contribution in [0.3, 0.4) is 0 Å². The second kappa shape index (κ2) is 44.3. The number of unbranched alkanes of at least 4 members (excludes halogenated alkanes) is 30. The third-order valence-corrected chi connectivity index (χ3v) is 12.1. The maximum Gasteiger partial charge on any atom is 0.267 e. The molecule has 0 aliphatic rings. The van der Waals surface area contributed by atoms with Gasteiger partial charge in [0, 0.05) is 0 Å². The summed E-state index contributed by atoms with van der Waals surface area (Å²) in [5, 5.41) is 23.5. The molecule has 0 aliphatic heterocycles. The molecule has 0 radical (unpaired) electrons. The van der Waals surface area contributed by atoms with E-state index in [2.05, 4.69) is 55.6 Å². The summed E-state index contributed by atoms with van der Waals surface area (Å²) < 4.78 is 32.7. The van der Waals surface area contributed by atoms with Gasteiger partial charge in [0.2, 0.25) is 5.91 Å². The zero-order valence-corrected chi connectivity index (χ0v) is 39.3. The van der Waals surface area contributed by atoms with E-state index in [1.54, 1.807) is 6.08 Å². The van der Waals surface area contributed by atoms with E-state index in [1.165, 1.54) is 160 Å². The smallest absolute Gasteiger partial charge is 0.267 e. The monoisotopic (exact) mass is 850 g/mol. The maximum atomic E-state index is 12.7. The van der Waals surface area contributed by atoms with Gasteiger partial charge in [-0.15, -0.1) is 0 Å². The number of hydrogen-bond acceptors (Lipinski definition) is 5. The van der Waals surface area contributed by atoms with E-state index in [-0.39, 0.29) is 6.42 Å². The van der Waals surface area contributed by atoms with Crippen molar-refractivity contribution in [3.05, 3.63) is 48.6 Å². The van der Waals surface area contributed by atoms with Crippen LogP contribution < -0.4 is 5.32 Å². The van der Waals surface area contributed by atoms with E-state index < -0.39 is 40.0 Å². The molecule has 0 aliphatic carbocycles. The van der Waals surface area contributed by atoms with Crippen LogP contribution in [0.15, 0.2) is 48.6 Å². The van der Waals surface area contributed by atoms with Crippen LogP contribution in [0.1, 0.15) is 245 Å². The lowest BCUT2D eigenvalue weighted by Crippen LogP contribution is -2.50. The molecular formula is C51H95NO6S. The number of carbonyl (C=O) groups is 1. The molecule has 0 aromatic heterocycles. The van der Waals surface area contributed by atoms with Crippen LogP contribution in [0.5, 0.6) is 0 Å². The molecule has 0 saturated heterocycles. The van der Waals surface area contributed by atoms with Gasteiger partial charge in [-0.05, 0) is 64.2 Å². The van der Waals surface area contributed by atoms with Gasteiger partial charge in [-0.25, -0.2) is 0 Å². The fourth-order valence-corrected chi connectivity index (χ4v) is 8.24. The summed E-state index contributed by atoms with van der Waals surface area (Å²) >= 11 is 0. The van der Waals surface area contributed by atoms with Crippen molar-refractivity contribution in [2.24, 2.45) is 0 Å². The Labute approximate surface area is 365 Å². The summed E-state index contributed by atoms with van der Waals surface area (Å²) in [4.78, 5) is 12.7. The van der Waals surface area contributed by atoms with Gasteiger partial charge < -0.3 is 15.5 Å². The largest absolute Gasteiger partial charge is 0.387 e. The fourth-order valence-electron chi connectivity index (χ4n) is 7.50. The minimum absolute atomic E-state index is 0.261. The van der Waals surface area contributed by atoms with Crippen LogP contribution in [0, 0.1) is 0 Å². The zero-order chi connectivity index (χ0) is 43.3. The standard InChI is InChI=1S/C51H95NO6S/c1-3-5-7-9-11-13-15-17-19-21-23-25-26-28-30-32-34-36-38-40-42-44-46-50(54)51(55)52-48(47-59(56,57)58)49(53)45-43-41-39-37-35-33-31-29-27-24-22-20-18-16-14-12-10-8-6-4-2/h23,25,28,30,35,37,43,45,48-50,53-54H,3-22,24,26-27,29,31-34,36,38-42,44,46-47H2,1-2H3,(H,52,55)(H,56,57,58)/b25-23-,30-28-,37-35+,45-43+. The lowest BCUT2D eigenvalue weighted by atomic mass is 10.0. The molecule has 0 aromatic carbocycles. The maximum absolute atomic E-state index is 12.7. The van der Waals surface area contributed by atoms with Crippen molar-refractivity contribution in [3.8, 4) is 0 Å². The quantitative estimate of drug-likeness (QED) is 0.0275. The summed E-state index contributed by atoms with van der Waals surface area (Å²) in [6.45, 7) is 4.54. The van der Waals surface area contributed by atoms with Crippen LogP contribution in [0.4, 0.5) is 0 Å². The number of carbonyl (C=O) groups excluding carboxylic acids is 1. The molecular weight excluding hydrogens is 755 g/mol. The van der Waals surface area contributed by atoms with Crippen molar-refractivity contribution < 1.29 is 28.0 Å². The molecule has 4 N–H and O–H groups in total. The Morgan fingerprint density at radius 3 is 1.22 bits per heavy atom. The van der Waals surface area contributed by atoms with Crippen LogP contribution in [0.2, 0.25) is 0 Å². The Balaban J connectivity index is 3.99. The molecule has 59 heavy (non-hydrogen) atoms. The number of hydrogen-bond donors (Lipinski definition) is 4. The zero-order valence-electron chi connectivity index (χ0n) is 38.5. The van der Waals surface area contributed by atoms with Crippen LogP contribution in [0.25, 0.3) is 0 Å². The Morgan fingerprint density at radius 1 is 0.475 bits per heavy atom. The van der Waals surface area contributed by atoms with Gasteiger partial charge in [0.15, 0.2) is 0 Å². The van der Waals surface area contributed by atoms with Gasteiger partial charge in [-0.3, -0.25) is 9.35 Å². The molecule has 3 atom stereocenters. The Hall–Kier alpha value is -1.74. The molecule has 7 nitrogen and oxygen atoms in total. The third kappa shape index (κ3) is 44.1. The first-order chi connectivity index (χ1) is 28.7. The molecule has 0 heterocycles. The topological polar surface area (TPSA) is 124 Å². The van der Waals surface area contributed by atoms with Gasteiger partial charge in [-0.1, -0.05) is 229 Å². The van der Waals surface area contributed by atoms with Gasteiger partial charge in [0.05, 0.1) is 17.9 Å². The van der Waals surface area contributed by atoms with Crippen molar-refractivity contribution in [1.29, 1.82) is 0 Å². The molecule has 0 fully saturated rings. The predicted octanol–water partition coefficient (Wildman–Crippen LogP) is 14.4. The average Bonchev–Trinajstić information content (AvgIpc) is 3.21. The summed E-state index contributed by atoms with van der Waals surface area (Å²) in [5.41, 5.74) is 0. The van der Waals surface area contributed by atoms with Gasteiger partial charge >= 0.3 is 0 Å². The highest BCUT2D eigenvalue weighted by Crippen LogP contribution is 2.15. The summed E-state index contributed by atoms with van der Waals surface area (Å²) in [7, 11) is -4.46. The predicted molar refractivity (Wildman–Crippen MR) is 254 cm³/mol. The van der Waals surface area contributed by atoms with Crippen molar-refractivity contribution in [3.63, 3.8) is 0 Å². The number of amides is 1. The summed E-state index contributed by atoms with van der Waals surface area (Å²) in [6.07, 6.45) is 57.5. The number of aliphatic hydroxyl groups excluding tert-OH is 2. The molecule has 0 saturated carbocycles. The molecule has 3 unspecified atom stereocenters. The third-order valence-electron chi connectivity index (χ3n) is 11.3. The minimum atomic E-state index is -4.46. The highest BCUT2D eigenvalue weighted by molar-refractivity contribution is 7.85.